The molecule has 0 bridgehead atoms. The number of aromatic amines is 1. The molecule has 0 saturated heterocycles. The summed E-state index contributed by atoms with van der Waals surface area (Å²) >= 11 is 1.14. The number of imidazole rings is 1. The summed E-state index contributed by atoms with van der Waals surface area (Å²) in [5, 5.41) is 11.8. The van der Waals surface area contributed by atoms with E-state index in [1.165, 1.54) is 13.0 Å². The zero-order valence-corrected chi connectivity index (χ0v) is 13.7. The first-order valence-electron chi connectivity index (χ1n) is 6.99. The highest BCUT2D eigenvalue weighted by Gasteiger charge is 2.18. The number of methoxy groups -OCH3 is 1. The van der Waals surface area contributed by atoms with Crippen LogP contribution < -0.4 is 4.74 Å². The van der Waals surface area contributed by atoms with Gasteiger partial charge in [0.05, 0.1) is 28.0 Å². The molecule has 2 aromatic carbocycles. The molecule has 8 heteroatoms. The standard InChI is InChI=1S/C16H13N3O4S/c1-9(20)10-3-6-15(14(7-10)19(21)22)24-16-17-12-5-4-11(23-2)8-13(12)18-16/h3-8H,1-2H3,(H,17,18). The summed E-state index contributed by atoms with van der Waals surface area (Å²) in [5.41, 5.74) is 1.70. The molecule has 0 aliphatic rings. The van der Waals surface area contributed by atoms with E-state index in [0.717, 1.165) is 22.8 Å². The molecule has 0 saturated carbocycles. The number of Topliss-reactive ketones (excluding diaryl/α,β-unsaturated/α-hetero) is 1. The van der Waals surface area contributed by atoms with Crippen LogP contribution in [0.2, 0.25) is 0 Å². The van der Waals surface area contributed by atoms with Crippen molar-refractivity contribution in [2.75, 3.05) is 7.11 Å². The van der Waals surface area contributed by atoms with Gasteiger partial charge in [-0.25, -0.2) is 4.98 Å². The van der Waals surface area contributed by atoms with Crippen LogP contribution in [0.25, 0.3) is 11.0 Å². The highest BCUT2D eigenvalue weighted by molar-refractivity contribution is 7.99. The maximum Gasteiger partial charge on any atom is 0.284 e. The summed E-state index contributed by atoms with van der Waals surface area (Å²) in [4.78, 5) is 30.1. The molecule has 1 aromatic heterocycles. The highest BCUT2D eigenvalue weighted by atomic mass is 32.2. The molecule has 0 radical (unpaired) electrons. The molecule has 0 spiro atoms. The molecule has 0 aliphatic carbocycles. The van der Waals surface area contributed by atoms with E-state index in [-0.39, 0.29) is 11.5 Å². The minimum absolute atomic E-state index is 0.120. The smallest absolute Gasteiger partial charge is 0.284 e. The molecule has 0 atom stereocenters. The van der Waals surface area contributed by atoms with Gasteiger partial charge in [-0.1, -0.05) is 0 Å². The molecule has 0 unspecified atom stereocenters. The number of hydrogen-bond acceptors (Lipinski definition) is 6. The number of nitro groups is 1. The molecular weight excluding hydrogens is 330 g/mol. The van der Waals surface area contributed by atoms with Gasteiger partial charge in [0, 0.05) is 17.7 Å². The van der Waals surface area contributed by atoms with Crippen LogP contribution in [-0.2, 0) is 0 Å². The number of carbonyl (C=O) groups is 1. The predicted molar refractivity (Wildman–Crippen MR) is 89.9 cm³/mol. The van der Waals surface area contributed by atoms with Crippen LogP contribution in [0, 0.1) is 10.1 Å². The number of nitrogens with one attached hydrogen (secondary N) is 1. The molecule has 7 nitrogen and oxygen atoms in total. The van der Waals surface area contributed by atoms with Crippen LogP contribution in [0.1, 0.15) is 17.3 Å². The van der Waals surface area contributed by atoms with Gasteiger partial charge in [0.15, 0.2) is 10.9 Å². The van der Waals surface area contributed by atoms with Crippen molar-refractivity contribution in [3.63, 3.8) is 0 Å². The van der Waals surface area contributed by atoms with Crippen molar-refractivity contribution < 1.29 is 14.5 Å². The number of hydrogen-bond donors (Lipinski definition) is 1. The molecule has 3 aromatic rings. The van der Waals surface area contributed by atoms with Crippen LogP contribution >= 0.6 is 11.8 Å². The van der Waals surface area contributed by atoms with Gasteiger partial charge < -0.3 is 9.72 Å². The Balaban J connectivity index is 1.98. The van der Waals surface area contributed by atoms with Crippen molar-refractivity contribution in [2.45, 2.75) is 17.0 Å². The van der Waals surface area contributed by atoms with Crippen molar-refractivity contribution in [2.24, 2.45) is 0 Å². The fourth-order valence-electron chi connectivity index (χ4n) is 2.21. The summed E-state index contributed by atoms with van der Waals surface area (Å²) in [6.07, 6.45) is 0. The highest BCUT2D eigenvalue weighted by Crippen LogP contribution is 2.35. The van der Waals surface area contributed by atoms with Gasteiger partial charge in [0.1, 0.15) is 5.75 Å². The third-order valence-electron chi connectivity index (χ3n) is 3.44. The van der Waals surface area contributed by atoms with Crippen LogP contribution in [0.5, 0.6) is 5.75 Å². The lowest BCUT2D eigenvalue weighted by molar-refractivity contribution is -0.387. The van der Waals surface area contributed by atoms with Gasteiger partial charge in [-0.05, 0) is 43.0 Å². The molecular formula is C16H13N3O4S. The summed E-state index contributed by atoms with van der Waals surface area (Å²) in [5.74, 6) is 0.477. The van der Waals surface area contributed by atoms with Gasteiger partial charge in [0.2, 0.25) is 0 Å². The topological polar surface area (TPSA) is 98.1 Å². The second kappa shape index (κ2) is 6.32. The lowest BCUT2D eigenvalue weighted by Crippen LogP contribution is -1.97. The SMILES string of the molecule is COc1ccc2nc(Sc3ccc(C(C)=O)cc3[N+](=O)[O-])[nH]c2c1. The van der Waals surface area contributed by atoms with Crippen LogP contribution in [-0.4, -0.2) is 27.8 Å². The largest absolute Gasteiger partial charge is 0.497 e. The van der Waals surface area contributed by atoms with Crippen molar-refractivity contribution in [3.8, 4) is 5.75 Å². The molecule has 122 valence electrons. The molecule has 0 fully saturated rings. The first kappa shape index (κ1) is 16.0. The van der Waals surface area contributed by atoms with E-state index in [0.29, 0.717) is 21.4 Å². The van der Waals surface area contributed by atoms with Gasteiger partial charge in [0.25, 0.3) is 5.69 Å². The Hall–Kier alpha value is -2.87. The van der Waals surface area contributed by atoms with E-state index in [1.54, 1.807) is 31.4 Å². The number of aromatic nitrogens is 2. The average Bonchev–Trinajstić information content (AvgIpc) is 2.95. The van der Waals surface area contributed by atoms with Gasteiger partial charge in [-0.15, -0.1) is 0 Å². The molecule has 1 heterocycles. The van der Waals surface area contributed by atoms with Gasteiger partial charge in [-0.2, -0.15) is 0 Å². The van der Waals surface area contributed by atoms with E-state index in [4.69, 9.17) is 4.74 Å². The summed E-state index contributed by atoms with van der Waals surface area (Å²) < 4.78 is 5.16. The molecule has 0 aliphatic heterocycles. The van der Waals surface area contributed by atoms with Crippen molar-refractivity contribution >= 4 is 34.3 Å². The Morgan fingerprint density at radius 1 is 1.29 bits per heavy atom. The first-order chi connectivity index (χ1) is 11.5. The number of nitro benzene ring substituents is 1. The molecule has 3 rings (SSSR count). The lowest BCUT2D eigenvalue weighted by Gasteiger charge is -2.02. The maximum absolute atomic E-state index is 11.4. The third-order valence-corrected chi connectivity index (χ3v) is 4.39. The number of benzene rings is 2. The van der Waals surface area contributed by atoms with Gasteiger partial charge >= 0.3 is 0 Å². The zero-order chi connectivity index (χ0) is 17.3. The van der Waals surface area contributed by atoms with Crippen molar-refractivity contribution in [1.82, 2.24) is 9.97 Å². The summed E-state index contributed by atoms with van der Waals surface area (Å²) in [6.45, 7) is 1.37. The summed E-state index contributed by atoms with van der Waals surface area (Å²) in [6, 6.07) is 9.83. The van der Waals surface area contributed by atoms with Crippen LogP contribution in [0.4, 0.5) is 5.69 Å². The number of nitrogens with zero attached hydrogens (tertiary/aromatic N) is 2. The first-order valence-corrected chi connectivity index (χ1v) is 7.80. The Labute approximate surface area is 141 Å². The number of rotatable bonds is 5. The third kappa shape index (κ3) is 3.09. The minimum Gasteiger partial charge on any atom is -0.497 e. The predicted octanol–water partition coefficient (Wildman–Crippen LogP) is 3.83. The van der Waals surface area contributed by atoms with E-state index in [2.05, 4.69) is 9.97 Å². The van der Waals surface area contributed by atoms with Crippen molar-refractivity contribution in [1.29, 1.82) is 0 Å². The Kier molecular flexibility index (Phi) is 4.22. The Morgan fingerprint density at radius 3 is 2.75 bits per heavy atom. The number of ketones is 1. The van der Waals surface area contributed by atoms with Crippen LogP contribution in [0.3, 0.4) is 0 Å². The monoisotopic (exact) mass is 343 g/mol. The van der Waals surface area contributed by atoms with Gasteiger partial charge in [-0.3, -0.25) is 14.9 Å². The fourth-order valence-corrected chi connectivity index (χ4v) is 3.10. The quantitative estimate of drug-likeness (QED) is 0.429. The summed E-state index contributed by atoms with van der Waals surface area (Å²) in [7, 11) is 1.58. The number of carbonyl (C=O) groups excluding carboxylic acids is 1. The fraction of sp³-hybridized carbons (Fsp3) is 0.125. The van der Waals surface area contributed by atoms with E-state index in [9.17, 15) is 14.9 Å². The molecule has 1 N–H and O–H groups in total. The maximum atomic E-state index is 11.4. The van der Waals surface area contributed by atoms with E-state index in [1.807, 2.05) is 6.07 Å². The Bertz CT molecular complexity index is 952. The Morgan fingerprint density at radius 2 is 2.08 bits per heavy atom. The molecule has 24 heavy (non-hydrogen) atoms. The number of ether oxygens (including phenoxy) is 1. The minimum atomic E-state index is -0.500. The van der Waals surface area contributed by atoms with Crippen LogP contribution in [0.15, 0.2) is 46.5 Å². The van der Waals surface area contributed by atoms with E-state index >= 15 is 0 Å². The average molecular weight is 343 g/mol. The normalized spacial score (nSPS) is 10.8. The lowest BCUT2D eigenvalue weighted by atomic mass is 10.1. The second-order valence-corrected chi connectivity index (χ2v) is 6.05. The molecule has 0 amide bonds. The second-order valence-electron chi connectivity index (χ2n) is 5.02. The van der Waals surface area contributed by atoms with E-state index < -0.39 is 4.92 Å². The number of fused-ring (bicyclic) bond motifs is 1. The van der Waals surface area contributed by atoms with Crippen molar-refractivity contribution in [3.05, 3.63) is 52.1 Å². The number of H-pyrrole nitrogens is 1. The zero-order valence-electron chi connectivity index (χ0n) is 12.9.